The van der Waals surface area contributed by atoms with Crippen molar-refractivity contribution < 1.29 is 9.52 Å². The first kappa shape index (κ1) is 20.6. The summed E-state index contributed by atoms with van der Waals surface area (Å²) in [6.45, 7) is 0. The molecule has 0 bridgehead atoms. The lowest BCUT2D eigenvalue weighted by Crippen LogP contribution is -2.28. The SMILES string of the molecule is O=c1oc(-c2ccccc2)cc(O)c1CC(SC1CCCCC1)C1CCCCC1. The summed E-state index contributed by atoms with van der Waals surface area (Å²) in [5, 5.41) is 11.8. The highest BCUT2D eigenvalue weighted by Crippen LogP contribution is 2.40. The van der Waals surface area contributed by atoms with Gasteiger partial charge in [-0.1, -0.05) is 68.9 Å². The first-order valence-electron chi connectivity index (χ1n) is 11.3. The molecule has 0 saturated heterocycles. The van der Waals surface area contributed by atoms with E-state index >= 15 is 0 Å². The van der Waals surface area contributed by atoms with E-state index in [2.05, 4.69) is 11.8 Å². The van der Waals surface area contributed by atoms with E-state index in [0.29, 0.717) is 34.2 Å². The Labute approximate surface area is 177 Å². The molecule has 1 atom stereocenters. The summed E-state index contributed by atoms with van der Waals surface area (Å²) < 4.78 is 5.63. The van der Waals surface area contributed by atoms with Gasteiger partial charge in [0.15, 0.2) is 0 Å². The van der Waals surface area contributed by atoms with Crippen LogP contribution in [0.15, 0.2) is 45.6 Å². The van der Waals surface area contributed by atoms with Crippen molar-refractivity contribution in [3.63, 3.8) is 0 Å². The van der Waals surface area contributed by atoms with Gasteiger partial charge in [0.2, 0.25) is 0 Å². The third-order valence-electron chi connectivity index (χ3n) is 6.58. The van der Waals surface area contributed by atoms with Crippen LogP contribution in [-0.4, -0.2) is 15.6 Å². The first-order chi connectivity index (χ1) is 14.2. The number of rotatable bonds is 6. The van der Waals surface area contributed by atoms with E-state index in [4.69, 9.17) is 4.42 Å². The monoisotopic (exact) mass is 412 g/mol. The van der Waals surface area contributed by atoms with Gasteiger partial charge < -0.3 is 9.52 Å². The molecular formula is C25H32O3S. The van der Waals surface area contributed by atoms with Crippen molar-refractivity contribution in [2.24, 2.45) is 5.92 Å². The summed E-state index contributed by atoms with van der Waals surface area (Å²) in [5.74, 6) is 1.17. The highest BCUT2D eigenvalue weighted by Gasteiger charge is 2.30. The molecule has 1 heterocycles. The van der Waals surface area contributed by atoms with Gasteiger partial charge in [-0.25, -0.2) is 4.79 Å². The quantitative estimate of drug-likeness (QED) is 0.583. The smallest absolute Gasteiger partial charge is 0.343 e. The third kappa shape index (κ3) is 5.28. The van der Waals surface area contributed by atoms with Crippen LogP contribution in [0, 0.1) is 5.92 Å². The van der Waals surface area contributed by atoms with Gasteiger partial charge in [-0.05, 0) is 38.0 Å². The molecule has 0 aliphatic heterocycles. The maximum absolute atomic E-state index is 12.8. The predicted octanol–water partition coefficient (Wildman–Crippen LogP) is 6.57. The number of aromatic hydroxyl groups is 1. The second-order valence-electron chi connectivity index (χ2n) is 8.66. The van der Waals surface area contributed by atoms with Gasteiger partial charge in [0.25, 0.3) is 0 Å². The maximum atomic E-state index is 12.8. The van der Waals surface area contributed by atoms with Crippen molar-refractivity contribution in [1.82, 2.24) is 0 Å². The Morgan fingerprint density at radius 1 is 0.966 bits per heavy atom. The summed E-state index contributed by atoms with van der Waals surface area (Å²) in [5.41, 5.74) is 0.893. The zero-order valence-electron chi connectivity index (χ0n) is 17.1. The molecule has 2 aliphatic carbocycles. The molecule has 2 fully saturated rings. The van der Waals surface area contributed by atoms with Crippen molar-refractivity contribution in [2.75, 3.05) is 0 Å². The highest BCUT2D eigenvalue weighted by atomic mass is 32.2. The van der Waals surface area contributed by atoms with Gasteiger partial charge >= 0.3 is 5.63 Å². The van der Waals surface area contributed by atoms with Crippen LogP contribution in [0.4, 0.5) is 0 Å². The van der Waals surface area contributed by atoms with Crippen LogP contribution < -0.4 is 5.63 Å². The molecule has 4 rings (SSSR count). The van der Waals surface area contributed by atoms with Crippen molar-refractivity contribution in [3.8, 4) is 17.1 Å². The average molecular weight is 413 g/mol. The summed E-state index contributed by atoms with van der Waals surface area (Å²) in [6, 6.07) is 11.1. The van der Waals surface area contributed by atoms with E-state index in [1.807, 2.05) is 30.3 Å². The van der Waals surface area contributed by atoms with E-state index in [-0.39, 0.29) is 11.4 Å². The van der Waals surface area contributed by atoms with Gasteiger partial charge in [0.05, 0.1) is 5.56 Å². The largest absolute Gasteiger partial charge is 0.507 e. The summed E-state index contributed by atoms with van der Waals surface area (Å²) >= 11 is 2.09. The maximum Gasteiger partial charge on any atom is 0.343 e. The highest BCUT2D eigenvalue weighted by molar-refractivity contribution is 8.00. The Morgan fingerprint density at radius 2 is 1.62 bits per heavy atom. The van der Waals surface area contributed by atoms with Crippen LogP contribution in [0.1, 0.15) is 69.8 Å². The van der Waals surface area contributed by atoms with Crippen molar-refractivity contribution in [1.29, 1.82) is 0 Å². The predicted molar refractivity (Wildman–Crippen MR) is 121 cm³/mol. The van der Waals surface area contributed by atoms with Crippen LogP contribution in [0.25, 0.3) is 11.3 Å². The Balaban J connectivity index is 1.56. The number of benzene rings is 1. The van der Waals surface area contributed by atoms with Crippen molar-refractivity contribution in [2.45, 2.75) is 81.1 Å². The normalized spacial score (nSPS) is 19.9. The van der Waals surface area contributed by atoms with Gasteiger partial charge in [0.1, 0.15) is 11.5 Å². The minimum atomic E-state index is -0.381. The molecule has 29 heavy (non-hydrogen) atoms. The molecule has 1 aromatic carbocycles. The summed E-state index contributed by atoms with van der Waals surface area (Å²) in [6.07, 6.45) is 13.6. The topological polar surface area (TPSA) is 50.4 Å². The van der Waals surface area contributed by atoms with Gasteiger partial charge in [-0.3, -0.25) is 0 Å². The van der Waals surface area contributed by atoms with Crippen LogP contribution in [0.3, 0.4) is 0 Å². The molecule has 156 valence electrons. The Morgan fingerprint density at radius 3 is 2.28 bits per heavy atom. The van der Waals surface area contributed by atoms with E-state index < -0.39 is 0 Å². The van der Waals surface area contributed by atoms with Crippen LogP contribution in [0.5, 0.6) is 5.75 Å². The van der Waals surface area contributed by atoms with Crippen molar-refractivity contribution >= 4 is 11.8 Å². The second kappa shape index (κ2) is 9.88. The fourth-order valence-electron chi connectivity index (χ4n) is 4.92. The molecule has 2 aromatic rings. The molecule has 1 aromatic heterocycles. The molecule has 1 unspecified atom stereocenters. The molecule has 0 amide bonds. The fraction of sp³-hybridized carbons (Fsp3) is 0.560. The molecule has 0 radical (unpaired) electrons. The average Bonchev–Trinajstić information content (AvgIpc) is 2.77. The Kier molecular flexibility index (Phi) is 7.02. The van der Waals surface area contributed by atoms with Gasteiger partial charge in [0, 0.05) is 22.1 Å². The number of hydrogen-bond acceptors (Lipinski definition) is 4. The Hall–Kier alpha value is -1.68. The third-order valence-corrected chi connectivity index (χ3v) is 8.34. The molecule has 2 saturated carbocycles. The van der Waals surface area contributed by atoms with E-state index in [1.165, 1.54) is 64.2 Å². The number of hydrogen-bond donors (Lipinski definition) is 1. The number of thioether (sulfide) groups is 1. The van der Waals surface area contributed by atoms with Gasteiger partial charge in [-0.15, -0.1) is 0 Å². The molecule has 2 aliphatic rings. The molecule has 1 N–H and O–H groups in total. The van der Waals surface area contributed by atoms with Gasteiger partial charge in [-0.2, -0.15) is 11.8 Å². The van der Waals surface area contributed by atoms with E-state index in [0.717, 1.165) is 5.56 Å². The van der Waals surface area contributed by atoms with Crippen LogP contribution >= 0.6 is 11.8 Å². The van der Waals surface area contributed by atoms with Crippen molar-refractivity contribution in [3.05, 3.63) is 52.4 Å². The Bertz CT molecular complexity index is 833. The zero-order valence-corrected chi connectivity index (χ0v) is 18.0. The standard InChI is InChI=1S/C25H32O3S/c26-22-17-23(18-10-4-1-5-11-18)28-25(27)21(22)16-24(19-12-6-2-7-13-19)29-20-14-8-3-9-15-20/h1,4-5,10-11,17,19-20,24,26H,2-3,6-9,12-16H2. The lowest BCUT2D eigenvalue weighted by atomic mass is 9.85. The minimum absolute atomic E-state index is 0.0881. The molecule has 0 spiro atoms. The lowest BCUT2D eigenvalue weighted by Gasteiger charge is -2.33. The van der Waals surface area contributed by atoms with E-state index in [1.54, 1.807) is 6.07 Å². The summed E-state index contributed by atoms with van der Waals surface area (Å²) in [4.78, 5) is 12.8. The fourth-order valence-corrected chi connectivity index (χ4v) is 6.78. The van der Waals surface area contributed by atoms with Crippen LogP contribution in [-0.2, 0) is 6.42 Å². The minimum Gasteiger partial charge on any atom is -0.507 e. The first-order valence-corrected chi connectivity index (χ1v) is 12.2. The molecule has 3 nitrogen and oxygen atoms in total. The molecule has 4 heteroatoms. The zero-order chi connectivity index (χ0) is 20.1. The molecular weight excluding hydrogens is 380 g/mol. The lowest BCUT2D eigenvalue weighted by molar-refractivity contribution is 0.342. The van der Waals surface area contributed by atoms with Crippen LogP contribution in [0.2, 0.25) is 0 Å². The van der Waals surface area contributed by atoms with E-state index in [9.17, 15) is 9.90 Å². The second-order valence-corrected chi connectivity index (χ2v) is 10.2. The summed E-state index contributed by atoms with van der Waals surface area (Å²) in [7, 11) is 0.